The van der Waals surface area contributed by atoms with Crippen molar-refractivity contribution in [1.29, 1.82) is 0 Å². The number of hydrogen-bond acceptors (Lipinski definition) is 4. The second-order valence-electron chi connectivity index (χ2n) is 4.19. The quantitative estimate of drug-likeness (QED) is 0.864. The first-order valence-corrected chi connectivity index (χ1v) is 5.75. The van der Waals surface area contributed by atoms with Crippen LogP contribution in [0.4, 0.5) is 10.1 Å². The molecule has 6 nitrogen and oxygen atoms in total. The average Bonchev–Trinajstić information content (AvgIpc) is 2.77. The number of amides is 1. The lowest BCUT2D eigenvalue weighted by Gasteiger charge is -2.04. The van der Waals surface area contributed by atoms with Crippen LogP contribution < -0.4 is 11.1 Å². The predicted octanol–water partition coefficient (Wildman–Crippen LogP) is 1.08. The van der Waals surface area contributed by atoms with Crippen molar-refractivity contribution in [3.63, 3.8) is 0 Å². The fourth-order valence-corrected chi connectivity index (χ4v) is 1.51. The van der Waals surface area contributed by atoms with Gasteiger partial charge in [0.2, 0.25) is 5.91 Å². The second-order valence-corrected chi connectivity index (χ2v) is 4.19. The highest BCUT2D eigenvalue weighted by Crippen LogP contribution is 2.09. The number of nitrogens with one attached hydrogen (secondary N) is 1. The molecule has 7 heteroatoms. The fourth-order valence-electron chi connectivity index (χ4n) is 1.51. The van der Waals surface area contributed by atoms with Crippen LogP contribution >= 0.6 is 0 Å². The number of benzene rings is 1. The van der Waals surface area contributed by atoms with Gasteiger partial charge in [-0.15, -0.1) is 5.10 Å². The first kappa shape index (κ1) is 13.2. The van der Waals surface area contributed by atoms with Crippen LogP contribution in [0.15, 0.2) is 30.5 Å². The Morgan fingerprint density at radius 2 is 2.37 bits per heavy atom. The monoisotopic (exact) mass is 263 g/mol. The Balaban J connectivity index is 1.97. The maximum atomic E-state index is 12.9. The molecule has 0 spiro atoms. The number of carbonyl (C=O) groups is 1. The van der Waals surface area contributed by atoms with Crippen molar-refractivity contribution in [3.05, 3.63) is 42.0 Å². The minimum absolute atomic E-state index is 0.00374. The van der Waals surface area contributed by atoms with Crippen LogP contribution in [0.2, 0.25) is 0 Å². The second kappa shape index (κ2) is 5.57. The number of rotatable bonds is 4. The molecule has 3 N–H and O–H groups in total. The van der Waals surface area contributed by atoms with E-state index in [1.165, 1.54) is 22.9 Å². The molecule has 1 unspecified atom stereocenters. The molecule has 0 saturated heterocycles. The number of anilines is 1. The largest absolute Gasteiger partial charge is 0.324 e. The molecule has 1 aromatic heterocycles. The number of hydrogen-bond donors (Lipinski definition) is 2. The molecule has 0 aliphatic heterocycles. The van der Waals surface area contributed by atoms with Gasteiger partial charge in [0.1, 0.15) is 12.4 Å². The van der Waals surface area contributed by atoms with E-state index in [1.54, 1.807) is 19.2 Å². The topological polar surface area (TPSA) is 85.8 Å². The van der Waals surface area contributed by atoms with Crippen LogP contribution in [-0.4, -0.2) is 20.9 Å². The Kier molecular flexibility index (Phi) is 3.86. The zero-order chi connectivity index (χ0) is 13.8. The van der Waals surface area contributed by atoms with Gasteiger partial charge in [0.05, 0.1) is 11.9 Å². The zero-order valence-electron chi connectivity index (χ0n) is 10.4. The molecule has 100 valence electrons. The number of nitrogens with two attached hydrogens (primary N) is 1. The van der Waals surface area contributed by atoms with Crippen LogP contribution in [0.5, 0.6) is 0 Å². The molecule has 1 amide bonds. The highest BCUT2D eigenvalue weighted by Gasteiger charge is 2.09. The molecule has 2 rings (SSSR count). The summed E-state index contributed by atoms with van der Waals surface area (Å²) in [6.45, 7) is 1.78. The van der Waals surface area contributed by atoms with Crippen molar-refractivity contribution in [1.82, 2.24) is 15.0 Å². The number of halogens is 1. The van der Waals surface area contributed by atoms with Crippen molar-refractivity contribution < 1.29 is 9.18 Å². The van der Waals surface area contributed by atoms with E-state index >= 15 is 0 Å². The molecule has 0 aliphatic carbocycles. The van der Waals surface area contributed by atoms with Gasteiger partial charge in [-0.25, -0.2) is 9.07 Å². The molecular formula is C12H14FN5O. The van der Waals surface area contributed by atoms with E-state index in [2.05, 4.69) is 15.6 Å². The molecule has 0 saturated carbocycles. The van der Waals surface area contributed by atoms with Crippen LogP contribution in [0, 0.1) is 5.82 Å². The smallest absolute Gasteiger partial charge is 0.246 e. The Hall–Kier alpha value is -2.28. The van der Waals surface area contributed by atoms with Crippen LogP contribution in [0.3, 0.4) is 0 Å². The van der Waals surface area contributed by atoms with Crippen molar-refractivity contribution in [3.8, 4) is 0 Å². The molecule has 1 heterocycles. The molecule has 0 fully saturated rings. The van der Waals surface area contributed by atoms with Crippen molar-refractivity contribution in [2.75, 3.05) is 5.32 Å². The molecule has 0 bridgehead atoms. The van der Waals surface area contributed by atoms with Crippen LogP contribution in [-0.2, 0) is 11.3 Å². The Labute approximate surface area is 109 Å². The summed E-state index contributed by atoms with van der Waals surface area (Å²) in [6, 6.07) is 5.44. The van der Waals surface area contributed by atoms with Gasteiger partial charge in [-0.05, 0) is 25.1 Å². The SMILES string of the molecule is CC(N)c1cn(CC(=O)Nc2cccc(F)c2)nn1. The fraction of sp³-hybridized carbons (Fsp3) is 0.250. The van der Waals surface area contributed by atoms with E-state index in [0.717, 1.165) is 0 Å². The van der Waals surface area contributed by atoms with Gasteiger partial charge in [-0.3, -0.25) is 4.79 Å². The molecule has 0 aliphatic rings. The van der Waals surface area contributed by atoms with Crippen LogP contribution in [0.25, 0.3) is 0 Å². The first-order chi connectivity index (χ1) is 9.04. The van der Waals surface area contributed by atoms with Gasteiger partial charge < -0.3 is 11.1 Å². The molecular weight excluding hydrogens is 249 g/mol. The minimum atomic E-state index is -0.405. The maximum absolute atomic E-state index is 12.9. The summed E-state index contributed by atoms with van der Waals surface area (Å²) in [5.74, 6) is -0.718. The van der Waals surface area contributed by atoms with Gasteiger partial charge >= 0.3 is 0 Å². The third-order valence-electron chi connectivity index (χ3n) is 2.44. The molecule has 0 radical (unpaired) electrons. The van der Waals surface area contributed by atoms with Gasteiger partial charge in [0.25, 0.3) is 0 Å². The van der Waals surface area contributed by atoms with Gasteiger partial charge in [0, 0.05) is 11.7 Å². The average molecular weight is 263 g/mol. The van der Waals surface area contributed by atoms with E-state index in [9.17, 15) is 9.18 Å². The maximum Gasteiger partial charge on any atom is 0.246 e. The summed E-state index contributed by atoms with van der Waals surface area (Å²) in [7, 11) is 0. The summed E-state index contributed by atoms with van der Waals surface area (Å²) < 4.78 is 14.3. The van der Waals surface area contributed by atoms with E-state index in [-0.39, 0.29) is 18.5 Å². The standard InChI is InChI=1S/C12H14FN5O/c1-8(14)11-6-18(17-16-11)7-12(19)15-10-4-2-3-9(13)5-10/h2-6,8H,7,14H2,1H3,(H,15,19). The molecule has 2 aromatic rings. The zero-order valence-corrected chi connectivity index (χ0v) is 10.4. The van der Waals surface area contributed by atoms with Crippen molar-refractivity contribution >= 4 is 11.6 Å². The van der Waals surface area contributed by atoms with Crippen molar-refractivity contribution in [2.45, 2.75) is 19.5 Å². The highest BCUT2D eigenvalue weighted by molar-refractivity contribution is 5.90. The molecule has 1 atom stereocenters. The third kappa shape index (κ3) is 3.59. The van der Waals surface area contributed by atoms with Gasteiger partial charge in [-0.2, -0.15) is 0 Å². The van der Waals surface area contributed by atoms with E-state index < -0.39 is 5.82 Å². The number of nitrogens with zero attached hydrogens (tertiary/aromatic N) is 3. The van der Waals surface area contributed by atoms with E-state index in [4.69, 9.17) is 5.73 Å². The summed E-state index contributed by atoms with van der Waals surface area (Å²) >= 11 is 0. The Bertz CT molecular complexity index is 581. The summed E-state index contributed by atoms with van der Waals surface area (Å²) in [5.41, 5.74) is 6.65. The lowest BCUT2D eigenvalue weighted by molar-refractivity contribution is -0.116. The minimum Gasteiger partial charge on any atom is -0.324 e. The molecule has 1 aromatic carbocycles. The van der Waals surface area contributed by atoms with E-state index in [0.29, 0.717) is 11.4 Å². The summed E-state index contributed by atoms with van der Waals surface area (Å²) in [4.78, 5) is 11.7. The van der Waals surface area contributed by atoms with Crippen LogP contribution in [0.1, 0.15) is 18.7 Å². The number of carbonyl (C=O) groups excluding carboxylic acids is 1. The Morgan fingerprint density at radius 1 is 1.58 bits per heavy atom. The van der Waals surface area contributed by atoms with Gasteiger partial charge in [-0.1, -0.05) is 11.3 Å². The first-order valence-electron chi connectivity index (χ1n) is 5.75. The van der Waals surface area contributed by atoms with E-state index in [1.807, 2.05) is 0 Å². The Morgan fingerprint density at radius 3 is 3.00 bits per heavy atom. The number of aromatic nitrogens is 3. The highest BCUT2D eigenvalue weighted by atomic mass is 19.1. The van der Waals surface area contributed by atoms with Crippen molar-refractivity contribution in [2.24, 2.45) is 5.73 Å². The summed E-state index contributed by atoms with van der Waals surface area (Å²) in [5, 5.41) is 10.2. The lowest BCUT2D eigenvalue weighted by atomic mass is 10.3. The lowest BCUT2D eigenvalue weighted by Crippen LogP contribution is -2.19. The van der Waals surface area contributed by atoms with Gasteiger partial charge in [0.15, 0.2) is 0 Å². The normalized spacial score (nSPS) is 12.2. The third-order valence-corrected chi connectivity index (χ3v) is 2.44. The predicted molar refractivity (Wildman–Crippen MR) is 67.7 cm³/mol. The summed E-state index contributed by atoms with van der Waals surface area (Å²) in [6.07, 6.45) is 1.61. The molecule has 19 heavy (non-hydrogen) atoms.